The molecule has 0 aromatic heterocycles. The molecule has 0 amide bonds. The molecule has 0 aromatic carbocycles. The summed E-state index contributed by atoms with van der Waals surface area (Å²) in [5.41, 5.74) is 0.313. The molecular weight excluding hydrogens is 128 g/mol. The second kappa shape index (κ2) is 3.01. The first-order chi connectivity index (χ1) is 4.93. The molecule has 1 nitrogen and oxygen atoms in total. The molecule has 0 fully saturated rings. The van der Waals surface area contributed by atoms with Gasteiger partial charge in [-0.2, -0.15) is 0 Å². The van der Waals surface area contributed by atoms with Crippen LogP contribution in [-0.4, -0.2) is 41.5 Å². The summed E-state index contributed by atoms with van der Waals surface area (Å²) >= 11 is 2.22. The maximum atomic E-state index is 2.52. The van der Waals surface area contributed by atoms with Crippen LogP contribution in [0.4, 0.5) is 0 Å². The molecule has 1 rings (SSSR count). The van der Waals surface area contributed by atoms with E-state index in [2.05, 4.69) is 56.2 Å². The molecule has 1 heterocycles. The Hall–Kier alpha value is 0.362. The van der Waals surface area contributed by atoms with Gasteiger partial charge in [-0.1, -0.05) is 0 Å². The average molecular weight is 143 g/mol. The fourth-order valence-electron chi connectivity index (χ4n) is 1.67. The number of rotatable bonds is 0. The monoisotopic (exact) mass is 143 g/mol. The van der Waals surface area contributed by atoms with E-state index >= 15 is 0 Å². The van der Waals surface area contributed by atoms with E-state index in [9.17, 15) is 0 Å². The Labute approximate surface area is 79.5 Å². The predicted molar refractivity (Wildman–Crippen MR) is 51.9 cm³/mol. The molecule has 0 spiro atoms. The van der Waals surface area contributed by atoms with E-state index < -0.39 is 0 Å². The first-order valence-corrected chi connectivity index (χ1v) is 4.36. The molecule has 0 atom stereocenters. The van der Waals surface area contributed by atoms with Crippen LogP contribution in [0.1, 0.15) is 20.8 Å². The molecule has 0 unspecified atom stereocenters. The first kappa shape index (κ1) is 9.45. The number of hydrogen-bond donors (Lipinski definition) is 0. The SMILES string of the molecule is [Li][C]1=CCN(C(C)(C)C)B1C. The Morgan fingerprint density at radius 2 is 2.09 bits per heavy atom. The van der Waals surface area contributed by atoms with Crippen molar-refractivity contribution in [1.82, 2.24) is 4.81 Å². The zero-order valence-corrected chi connectivity index (χ0v) is 8.31. The van der Waals surface area contributed by atoms with Crippen molar-refractivity contribution in [2.75, 3.05) is 6.54 Å². The molecule has 0 bridgehead atoms. The van der Waals surface area contributed by atoms with Gasteiger partial charge in [0.05, 0.1) is 0 Å². The molecule has 0 radical (unpaired) electrons. The van der Waals surface area contributed by atoms with Crippen LogP contribution in [0.3, 0.4) is 0 Å². The summed E-state index contributed by atoms with van der Waals surface area (Å²) in [6.45, 7) is 10.9. The molecular formula is C8H15BLiN. The van der Waals surface area contributed by atoms with Gasteiger partial charge >= 0.3 is 79.3 Å². The third-order valence-corrected chi connectivity index (χ3v) is 2.60. The van der Waals surface area contributed by atoms with Gasteiger partial charge in [-0.15, -0.1) is 0 Å². The number of hydrogen-bond acceptors (Lipinski definition) is 1. The fourth-order valence-corrected chi connectivity index (χ4v) is 1.67. The van der Waals surface area contributed by atoms with E-state index in [1.54, 1.807) is 0 Å². The summed E-state index contributed by atoms with van der Waals surface area (Å²) in [7, 11) is 0. The Balaban J connectivity index is 2.68. The van der Waals surface area contributed by atoms with E-state index in [-0.39, 0.29) is 0 Å². The van der Waals surface area contributed by atoms with Crippen molar-refractivity contribution in [2.24, 2.45) is 0 Å². The molecule has 0 aliphatic carbocycles. The van der Waals surface area contributed by atoms with Crippen LogP contribution in [0.25, 0.3) is 0 Å². The molecule has 0 saturated carbocycles. The van der Waals surface area contributed by atoms with Gasteiger partial charge in [0.15, 0.2) is 0 Å². The molecule has 0 N–H and O–H groups in total. The normalized spacial score (nSPS) is 20.9. The van der Waals surface area contributed by atoms with Crippen molar-refractivity contribution in [1.29, 1.82) is 0 Å². The molecule has 11 heavy (non-hydrogen) atoms. The van der Waals surface area contributed by atoms with Crippen LogP contribution in [0.2, 0.25) is 6.82 Å². The van der Waals surface area contributed by atoms with Gasteiger partial charge in [-0.05, 0) is 0 Å². The van der Waals surface area contributed by atoms with Crippen molar-refractivity contribution in [2.45, 2.75) is 33.1 Å². The molecule has 3 heteroatoms. The van der Waals surface area contributed by atoms with Crippen molar-refractivity contribution >= 4 is 24.6 Å². The Bertz CT molecular complexity index is 183. The zero-order chi connectivity index (χ0) is 8.65. The van der Waals surface area contributed by atoms with Gasteiger partial charge in [-0.3, -0.25) is 0 Å². The summed E-state index contributed by atoms with van der Waals surface area (Å²) < 4.78 is 1.51. The average Bonchev–Trinajstić information content (AvgIpc) is 2.11. The molecule has 0 saturated heterocycles. The van der Waals surface area contributed by atoms with Gasteiger partial charge in [0.25, 0.3) is 0 Å². The van der Waals surface area contributed by atoms with E-state index in [0.29, 0.717) is 12.4 Å². The summed E-state index contributed by atoms with van der Waals surface area (Å²) in [6, 6.07) is 0. The third-order valence-electron chi connectivity index (χ3n) is 2.60. The summed E-state index contributed by atoms with van der Waals surface area (Å²) in [5, 5.41) is 0. The van der Waals surface area contributed by atoms with E-state index in [1.807, 2.05) is 0 Å². The van der Waals surface area contributed by atoms with Gasteiger partial charge in [0.1, 0.15) is 0 Å². The maximum absolute atomic E-state index is 2.52. The van der Waals surface area contributed by atoms with Crippen molar-refractivity contribution in [3.63, 3.8) is 0 Å². The van der Waals surface area contributed by atoms with Crippen LogP contribution >= 0.6 is 0 Å². The first-order valence-electron chi connectivity index (χ1n) is 4.36. The van der Waals surface area contributed by atoms with Crippen LogP contribution in [0, 0.1) is 0 Å². The second-order valence-corrected chi connectivity index (χ2v) is 4.45. The van der Waals surface area contributed by atoms with Gasteiger partial charge < -0.3 is 0 Å². The van der Waals surface area contributed by atoms with Crippen LogP contribution in [-0.2, 0) is 0 Å². The molecule has 56 valence electrons. The Kier molecular flexibility index (Phi) is 2.59. The Morgan fingerprint density at radius 1 is 1.55 bits per heavy atom. The van der Waals surface area contributed by atoms with Crippen LogP contribution < -0.4 is 0 Å². The predicted octanol–water partition coefficient (Wildman–Crippen LogP) is 1.31. The third kappa shape index (κ3) is 1.93. The summed E-state index contributed by atoms with van der Waals surface area (Å²) in [5.74, 6) is 0. The zero-order valence-electron chi connectivity index (χ0n) is 8.31. The number of nitrogens with zero attached hydrogens (tertiary/aromatic N) is 1. The minimum atomic E-state index is 0.313. The molecule has 1 aliphatic heterocycles. The van der Waals surface area contributed by atoms with E-state index in [4.69, 9.17) is 0 Å². The Morgan fingerprint density at radius 3 is 2.27 bits per heavy atom. The summed E-state index contributed by atoms with van der Waals surface area (Å²) in [6.07, 6.45) is 2.33. The van der Waals surface area contributed by atoms with Crippen molar-refractivity contribution in [3.8, 4) is 0 Å². The van der Waals surface area contributed by atoms with E-state index in [0.717, 1.165) is 6.54 Å². The van der Waals surface area contributed by atoms with E-state index in [1.165, 1.54) is 4.15 Å². The van der Waals surface area contributed by atoms with Crippen molar-refractivity contribution < 1.29 is 0 Å². The van der Waals surface area contributed by atoms with Gasteiger partial charge in [-0.25, -0.2) is 0 Å². The molecule has 1 aliphatic rings. The molecule has 0 aromatic rings. The standard InChI is InChI=1S/C8H15BN.Li/c1-8(2,3)10-7-5-6-9(10)4;/h5H,7H2,1-4H3;. The topological polar surface area (TPSA) is 3.24 Å². The van der Waals surface area contributed by atoms with Gasteiger partial charge in [0.2, 0.25) is 0 Å². The second-order valence-electron chi connectivity index (χ2n) is 4.45. The van der Waals surface area contributed by atoms with Crippen molar-refractivity contribution in [3.05, 3.63) is 10.2 Å². The fraction of sp³-hybridized carbons (Fsp3) is 0.750. The van der Waals surface area contributed by atoms with Gasteiger partial charge in [0, 0.05) is 0 Å². The van der Waals surface area contributed by atoms with Crippen LogP contribution in [0.15, 0.2) is 10.2 Å². The quantitative estimate of drug-likeness (QED) is 0.462. The summed E-state index contributed by atoms with van der Waals surface area (Å²) in [4.78, 5) is 2.52. The van der Waals surface area contributed by atoms with Crippen LogP contribution in [0.5, 0.6) is 0 Å². The minimum absolute atomic E-state index is 0.313.